The van der Waals surface area contributed by atoms with Crippen molar-refractivity contribution in [1.29, 1.82) is 0 Å². The van der Waals surface area contributed by atoms with E-state index in [9.17, 15) is 14.4 Å². The summed E-state index contributed by atoms with van der Waals surface area (Å²) in [5, 5.41) is 5.73. The van der Waals surface area contributed by atoms with Crippen LogP contribution in [0.5, 0.6) is 0 Å². The van der Waals surface area contributed by atoms with E-state index >= 15 is 0 Å². The SMILES string of the molecule is O=C(NC[C@H]1CCCO1)c1ccccc1NC(=O)[C@@H]1CC(=O)N(c2ccccc2)C1. The van der Waals surface area contributed by atoms with Gasteiger partial charge in [-0.3, -0.25) is 14.4 Å². The molecule has 2 aliphatic heterocycles. The molecule has 2 heterocycles. The average Bonchev–Trinajstić information content (AvgIpc) is 3.43. The molecule has 2 aromatic carbocycles. The van der Waals surface area contributed by atoms with Gasteiger partial charge in [0.15, 0.2) is 0 Å². The normalized spacial score (nSPS) is 20.9. The Hall–Kier alpha value is -3.19. The van der Waals surface area contributed by atoms with E-state index in [4.69, 9.17) is 4.74 Å². The zero-order chi connectivity index (χ0) is 20.9. The predicted octanol–water partition coefficient (Wildman–Crippen LogP) is 2.59. The number of hydrogen-bond donors (Lipinski definition) is 2. The van der Waals surface area contributed by atoms with E-state index in [0.29, 0.717) is 24.3 Å². The molecule has 7 nitrogen and oxygen atoms in total. The van der Waals surface area contributed by atoms with Crippen LogP contribution >= 0.6 is 0 Å². The van der Waals surface area contributed by atoms with Crippen molar-refractivity contribution in [1.82, 2.24) is 5.32 Å². The maximum absolute atomic E-state index is 12.8. The van der Waals surface area contributed by atoms with Crippen molar-refractivity contribution in [3.63, 3.8) is 0 Å². The minimum Gasteiger partial charge on any atom is -0.376 e. The number of nitrogens with one attached hydrogen (secondary N) is 2. The molecular formula is C23H25N3O4. The summed E-state index contributed by atoms with van der Waals surface area (Å²) in [6.07, 6.45) is 2.14. The number of para-hydroxylation sites is 2. The molecule has 156 valence electrons. The van der Waals surface area contributed by atoms with Gasteiger partial charge in [0, 0.05) is 31.8 Å². The topological polar surface area (TPSA) is 87.7 Å². The van der Waals surface area contributed by atoms with Gasteiger partial charge in [0.05, 0.1) is 23.3 Å². The van der Waals surface area contributed by atoms with Gasteiger partial charge in [-0.05, 0) is 37.1 Å². The average molecular weight is 407 g/mol. The smallest absolute Gasteiger partial charge is 0.253 e. The molecule has 0 aromatic heterocycles. The highest BCUT2D eigenvalue weighted by atomic mass is 16.5. The molecule has 2 aliphatic rings. The van der Waals surface area contributed by atoms with E-state index in [1.165, 1.54) is 0 Å². The third-order valence-corrected chi connectivity index (χ3v) is 5.51. The number of hydrogen-bond acceptors (Lipinski definition) is 4. The molecule has 2 aromatic rings. The predicted molar refractivity (Wildman–Crippen MR) is 113 cm³/mol. The molecule has 0 aliphatic carbocycles. The van der Waals surface area contributed by atoms with Crippen LogP contribution in [0.25, 0.3) is 0 Å². The Kier molecular flexibility index (Phi) is 6.09. The Labute approximate surface area is 175 Å². The number of nitrogens with zero attached hydrogens (tertiary/aromatic N) is 1. The molecule has 2 N–H and O–H groups in total. The number of ether oxygens (including phenoxy) is 1. The summed E-state index contributed by atoms with van der Waals surface area (Å²) < 4.78 is 5.54. The largest absolute Gasteiger partial charge is 0.376 e. The molecule has 0 radical (unpaired) electrons. The second-order valence-corrected chi connectivity index (χ2v) is 7.62. The second kappa shape index (κ2) is 9.09. The van der Waals surface area contributed by atoms with Crippen molar-refractivity contribution in [2.75, 3.05) is 29.9 Å². The molecule has 0 saturated carbocycles. The quantitative estimate of drug-likeness (QED) is 0.771. The van der Waals surface area contributed by atoms with Crippen molar-refractivity contribution < 1.29 is 19.1 Å². The number of amides is 3. The molecule has 30 heavy (non-hydrogen) atoms. The molecule has 2 atom stereocenters. The Balaban J connectivity index is 1.40. The monoisotopic (exact) mass is 407 g/mol. The lowest BCUT2D eigenvalue weighted by molar-refractivity contribution is -0.122. The Morgan fingerprint density at radius 3 is 2.60 bits per heavy atom. The third-order valence-electron chi connectivity index (χ3n) is 5.51. The van der Waals surface area contributed by atoms with Crippen molar-refractivity contribution in [3.05, 3.63) is 60.2 Å². The van der Waals surface area contributed by atoms with E-state index in [-0.39, 0.29) is 30.2 Å². The van der Waals surface area contributed by atoms with E-state index in [2.05, 4.69) is 10.6 Å². The molecule has 3 amide bonds. The van der Waals surface area contributed by atoms with E-state index < -0.39 is 5.92 Å². The van der Waals surface area contributed by atoms with Crippen molar-refractivity contribution in [2.24, 2.45) is 5.92 Å². The summed E-state index contributed by atoms with van der Waals surface area (Å²) in [7, 11) is 0. The van der Waals surface area contributed by atoms with Crippen LogP contribution in [-0.2, 0) is 14.3 Å². The van der Waals surface area contributed by atoms with Crippen LogP contribution in [0.4, 0.5) is 11.4 Å². The fourth-order valence-corrected chi connectivity index (χ4v) is 3.87. The first-order valence-corrected chi connectivity index (χ1v) is 10.3. The van der Waals surface area contributed by atoms with Gasteiger partial charge in [-0.25, -0.2) is 0 Å². The lowest BCUT2D eigenvalue weighted by atomic mass is 10.1. The fraction of sp³-hybridized carbons (Fsp3) is 0.348. The van der Waals surface area contributed by atoms with E-state index in [1.54, 1.807) is 29.2 Å². The van der Waals surface area contributed by atoms with Gasteiger partial charge in [0.25, 0.3) is 5.91 Å². The van der Waals surface area contributed by atoms with Crippen LogP contribution in [0.2, 0.25) is 0 Å². The van der Waals surface area contributed by atoms with Gasteiger partial charge in [-0.15, -0.1) is 0 Å². The van der Waals surface area contributed by atoms with Crippen LogP contribution < -0.4 is 15.5 Å². The van der Waals surface area contributed by atoms with Gasteiger partial charge < -0.3 is 20.3 Å². The summed E-state index contributed by atoms with van der Waals surface area (Å²) >= 11 is 0. The zero-order valence-electron chi connectivity index (χ0n) is 16.7. The highest BCUT2D eigenvalue weighted by Gasteiger charge is 2.35. The van der Waals surface area contributed by atoms with Gasteiger partial charge >= 0.3 is 0 Å². The van der Waals surface area contributed by atoms with E-state index in [0.717, 1.165) is 25.1 Å². The minimum atomic E-state index is -0.472. The van der Waals surface area contributed by atoms with Crippen molar-refractivity contribution in [2.45, 2.75) is 25.4 Å². The first-order chi connectivity index (χ1) is 14.6. The standard InChI is InChI=1S/C23H25N3O4/c27-21-13-16(15-26(21)17-7-2-1-3-8-17)22(28)25-20-11-5-4-10-19(20)23(29)24-14-18-9-6-12-30-18/h1-5,7-8,10-11,16,18H,6,9,12-15H2,(H,24,29)(H,25,28)/t16-,18-/m1/s1. The number of carbonyl (C=O) groups is 3. The molecule has 2 fully saturated rings. The summed E-state index contributed by atoms with van der Waals surface area (Å²) in [4.78, 5) is 39.5. The first-order valence-electron chi connectivity index (χ1n) is 10.3. The van der Waals surface area contributed by atoms with Crippen LogP contribution in [0, 0.1) is 5.92 Å². The Morgan fingerprint density at radius 1 is 1.07 bits per heavy atom. The Morgan fingerprint density at radius 2 is 1.83 bits per heavy atom. The van der Waals surface area contributed by atoms with Crippen LogP contribution in [0.3, 0.4) is 0 Å². The summed E-state index contributed by atoms with van der Waals surface area (Å²) in [5.41, 5.74) is 1.62. The van der Waals surface area contributed by atoms with Gasteiger partial charge in [0.1, 0.15) is 0 Å². The maximum Gasteiger partial charge on any atom is 0.253 e. The highest BCUT2D eigenvalue weighted by molar-refractivity contribution is 6.07. The van der Waals surface area contributed by atoms with Crippen molar-refractivity contribution in [3.8, 4) is 0 Å². The zero-order valence-corrected chi connectivity index (χ0v) is 16.7. The molecule has 0 spiro atoms. The maximum atomic E-state index is 12.8. The summed E-state index contributed by atoms with van der Waals surface area (Å²) in [6, 6.07) is 16.2. The highest BCUT2D eigenvalue weighted by Crippen LogP contribution is 2.26. The van der Waals surface area contributed by atoms with E-state index in [1.807, 2.05) is 30.3 Å². The number of carbonyl (C=O) groups excluding carboxylic acids is 3. The van der Waals surface area contributed by atoms with Crippen LogP contribution in [-0.4, -0.2) is 43.5 Å². The molecule has 2 saturated heterocycles. The molecular weight excluding hydrogens is 382 g/mol. The number of benzene rings is 2. The molecule has 4 rings (SSSR count). The minimum absolute atomic E-state index is 0.0455. The molecule has 0 bridgehead atoms. The lowest BCUT2D eigenvalue weighted by Gasteiger charge is -2.17. The summed E-state index contributed by atoms with van der Waals surface area (Å²) in [5.74, 6) is -1.07. The first kappa shape index (κ1) is 20.1. The van der Waals surface area contributed by atoms with Crippen LogP contribution in [0.1, 0.15) is 29.6 Å². The second-order valence-electron chi connectivity index (χ2n) is 7.62. The Bertz CT molecular complexity index is 925. The fourth-order valence-electron chi connectivity index (χ4n) is 3.87. The molecule has 0 unspecified atom stereocenters. The lowest BCUT2D eigenvalue weighted by Crippen LogP contribution is -2.33. The number of rotatable bonds is 6. The van der Waals surface area contributed by atoms with Crippen molar-refractivity contribution >= 4 is 29.1 Å². The van der Waals surface area contributed by atoms with Crippen LogP contribution in [0.15, 0.2) is 54.6 Å². The number of anilines is 2. The molecule has 7 heteroatoms. The summed E-state index contributed by atoms with van der Waals surface area (Å²) in [6.45, 7) is 1.50. The third kappa shape index (κ3) is 4.52. The van der Waals surface area contributed by atoms with Gasteiger partial charge in [0.2, 0.25) is 11.8 Å². The van der Waals surface area contributed by atoms with Gasteiger partial charge in [-0.1, -0.05) is 30.3 Å². The van der Waals surface area contributed by atoms with Gasteiger partial charge in [-0.2, -0.15) is 0 Å².